The van der Waals surface area contributed by atoms with E-state index >= 15 is 0 Å². The van der Waals surface area contributed by atoms with Crippen LogP contribution in [0.25, 0.3) is 0 Å². The predicted molar refractivity (Wildman–Crippen MR) is 65.4 cm³/mol. The standard InChI is InChI=1S/C11H18N4O2/c1-8-13-9(11(16)17)7-10(14-8)12-5-4-6-15(2)3/h7H,4-6H2,1-3H3,(H,16,17)(H,12,13,14). The van der Waals surface area contributed by atoms with Crippen LogP contribution < -0.4 is 5.32 Å². The first kappa shape index (κ1) is 13.4. The lowest BCUT2D eigenvalue weighted by atomic mass is 10.3. The molecule has 94 valence electrons. The van der Waals surface area contributed by atoms with Gasteiger partial charge in [0.2, 0.25) is 0 Å². The number of aromatic carboxylic acids is 1. The molecule has 1 aromatic heterocycles. The van der Waals surface area contributed by atoms with Gasteiger partial charge in [-0.25, -0.2) is 14.8 Å². The summed E-state index contributed by atoms with van der Waals surface area (Å²) in [5, 5.41) is 11.9. The Balaban J connectivity index is 2.56. The van der Waals surface area contributed by atoms with Crippen molar-refractivity contribution in [3.05, 3.63) is 17.6 Å². The van der Waals surface area contributed by atoms with Gasteiger partial charge in [0.25, 0.3) is 0 Å². The number of anilines is 1. The van der Waals surface area contributed by atoms with Crippen molar-refractivity contribution in [2.75, 3.05) is 32.5 Å². The lowest BCUT2D eigenvalue weighted by Gasteiger charge is -2.10. The van der Waals surface area contributed by atoms with Gasteiger partial charge in [0.05, 0.1) is 0 Å². The summed E-state index contributed by atoms with van der Waals surface area (Å²) in [5.74, 6) is -0.0134. The SMILES string of the molecule is Cc1nc(NCCCN(C)C)cc(C(=O)O)n1. The quantitative estimate of drug-likeness (QED) is 0.715. The highest BCUT2D eigenvalue weighted by Crippen LogP contribution is 2.06. The molecule has 17 heavy (non-hydrogen) atoms. The summed E-state index contributed by atoms with van der Waals surface area (Å²) in [5.41, 5.74) is 0.0209. The zero-order chi connectivity index (χ0) is 12.8. The van der Waals surface area contributed by atoms with E-state index in [4.69, 9.17) is 5.11 Å². The van der Waals surface area contributed by atoms with Gasteiger partial charge in [0, 0.05) is 12.6 Å². The Bertz CT molecular complexity index is 393. The van der Waals surface area contributed by atoms with Crippen LogP contribution in [0, 0.1) is 6.92 Å². The first-order valence-corrected chi connectivity index (χ1v) is 5.46. The number of nitrogens with zero attached hydrogens (tertiary/aromatic N) is 3. The third kappa shape index (κ3) is 4.78. The molecule has 0 atom stereocenters. The Labute approximate surface area is 101 Å². The summed E-state index contributed by atoms with van der Waals surface area (Å²) in [6, 6.07) is 1.45. The van der Waals surface area contributed by atoms with Crippen molar-refractivity contribution in [1.29, 1.82) is 0 Å². The summed E-state index contributed by atoms with van der Waals surface area (Å²) in [4.78, 5) is 20.9. The second kappa shape index (κ2) is 6.15. The third-order valence-corrected chi connectivity index (χ3v) is 2.15. The molecule has 0 saturated carbocycles. The Morgan fingerprint density at radius 1 is 1.47 bits per heavy atom. The normalized spacial score (nSPS) is 10.6. The van der Waals surface area contributed by atoms with Gasteiger partial charge >= 0.3 is 5.97 Å². The minimum absolute atomic E-state index is 0.0209. The van der Waals surface area contributed by atoms with Crippen molar-refractivity contribution in [2.24, 2.45) is 0 Å². The molecule has 2 N–H and O–H groups in total. The van der Waals surface area contributed by atoms with Crippen molar-refractivity contribution in [3.63, 3.8) is 0 Å². The second-order valence-electron chi connectivity index (χ2n) is 4.07. The number of aromatic nitrogens is 2. The van der Waals surface area contributed by atoms with Crippen LogP contribution in [0.15, 0.2) is 6.07 Å². The van der Waals surface area contributed by atoms with Gasteiger partial charge in [0.15, 0.2) is 5.69 Å². The van der Waals surface area contributed by atoms with Crippen LogP contribution in [0.3, 0.4) is 0 Å². The zero-order valence-electron chi connectivity index (χ0n) is 10.4. The first-order valence-electron chi connectivity index (χ1n) is 5.46. The fraction of sp³-hybridized carbons (Fsp3) is 0.545. The topological polar surface area (TPSA) is 78.4 Å². The van der Waals surface area contributed by atoms with E-state index in [0.717, 1.165) is 19.5 Å². The maximum Gasteiger partial charge on any atom is 0.354 e. The number of carbonyl (C=O) groups is 1. The van der Waals surface area contributed by atoms with E-state index < -0.39 is 5.97 Å². The fourth-order valence-electron chi connectivity index (χ4n) is 1.38. The molecule has 0 radical (unpaired) electrons. The van der Waals surface area contributed by atoms with E-state index in [0.29, 0.717) is 11.6 Å². The van der Waals surface area contributed by atoms with Crippen LogP contribution in [0.5, 0.6) is 0 Å². The van der Waals surface area contributed by atoms with Gasteiger partial charge in [-0.1, -0.05) is 0 Å². The van der Waals surface area contributed by atoms with Crippen molar-refractivity contribution in [1.82, 2.24) is 14.9 Å². The second-order valence-corrected chi connectivity index (χ2v) is 4.07. The van der Waals surface area contributed by atoms with Gasteiger partial charge in [-0.05, 0) is 34.0 Å². The molecule has 6 heteroatoms. The average molecular weight is 238 g/mol. The predicted octanol–water partition coefficient (Wildman–Crippen LogP) is 0.847. The number of carboxylic acids is 1. The van der Waals surface area contributed by atoms with Crippen LogP contribution in [-0.2, 0) is 0 Å². The van der Waals surface area contributed by atoms with Crippen molar-refractivity contribution in [3.8, 4) is 0 Å². The molecule has 0 aliphatic heterocycles. The summed E-state index contributed by atoms with van der Waals surface area (Å²) in [7, 11) is 4.02. The minimum Gasteiger partial charge on any atom is -0.477 e. The highest BCUT2D eigenvalue weighted by atomic mass is 16.4. The third-order valence-electron chi connectivity index (χ3n) is 2.15. The Kier molecular flexibility index (Phi) is 4.84. The monoisotopic (exact) mass is 238 g/mol. The van der Waals surface area contributed by atoms with Crippen molar-refractivity contribution in [2.45, 2.75) is 13.3 Å². The van der Waals surface area contributed by atoms with E-state index in [2.05, 4.69) is 20.2 Å². The van der Waals surface area contributed by atoms with Crippen LogP contribution in [0.2, 0.25) is 0 Å². The molecule has 0 saturated heterocycles. The highest BCUT2D eigenvalue weighted by molar-refractivity contribution is 5.86. The number of hydrogen-bond acceptors (Lipinski definition) is 5. The number of aryl methyl sites for hydroxylation is 1. The highest BCUT2D eigenvalue weighted by Gasteiger charge is 2.07. The number of carboxylic acid groups (broad SMARTS) is 1. The van der Waals surface area contributed by atoms with E-state index in [1.165, 1.54) is 6.07 Å². The molecule has 1 heterocycles. The molecule has 0 unspecified atom stereocenters. The van der Waals surface area contributed by atoms with Crippen LogP contribution in [-0.4, -0.2) is 53.1 Å². The van der Waals surface area contributed by atoms with E-state index in [1.807, 2.05) is 14.1 Å². The fourth-order valence-corrected chi connectivity index (χ4v) is 1.38. The maximum absolute atomic E-state index is 10.8. The number of rotatable bonds is 6. The molecule has 6 nitrogen and oxygen atoms in total. The first-order chi connectivity index (χ1) is 7.99. The molecular formula is C11H18N4O2. The summed E-state index contributed by atoms with van der Waals surface area (Å²) < 4.78 is 0. The summed E-state index contributed by atoms with van der Waals surface area (Å²) in [6.45, 7) is 3.41. The molecule has 1 rings (SSSR count). The molecule has 0 aliphatic carbocycles. The van der Waals surface area contributed by atoms with E-state index in [9.17, 15) is 4.79 Å². The maximum atomic E-state index is 10.8. The summed E-state index contributed by atoms with van der Waals surface area (Å²) in [6.07, 6.45) is 0.971. The van der Waals surface area contributed by atoms with Crippen LogP contribution in [0.4, 0.5) is 5.82 Å². The molecule has 0 bridgehead atoms. The Morgan fingerprint density at radius 3 is 2.76 bits per heavy atom. The van der Waals surface area contributed by atoms with Gasteiger partial charge in [-0.2, -0.15) is 0 Å². The van der Waals surface area contributed by atoms with Gasteiger partial charge < -0.3 is 15.3 Å². The van der Waals surface area contributed by atoms with Crippen LogP contribution in [0.1, 0.15) is 22.7 Å². The average Bonchev–Trinajstić information content (AvgIpc) is 2.23. The largest absolute Gasteiger partial charge is 0.477 e. The zero-order valence-corrected chi connectivity index (χ0v) is 10.4. The number of nitrogens with one attached hydrogen (secondary N) is 1. The van der Waals surface area contributed by atoms with Gasteiger partial charge in [-0.15, -0.1) is 0 Å². The molecule has 0 amide bonds. The summed E-state index contributed by atoms with van der Waals surface area (Å²) >= 11 is 0. The Hall–Kier alpha value is -1.69. The molecule has 0 aliphatic rings. The molecule has 0 aromatic carbocycles. The van der Waals surface area contributed by atoms with Gasteiger partial charge in [0.1, 0.15) is 11.6 Å². The Morgan fingerprint density at radius 2 is 2.18 bits per heavy atom. The van der Waals surface area contributed by atoms with E-state index in [-0.39, 0.29) is 5.69 Å². The van der Waals surface area contributed by atoms with E-state index in [1.54, 1.807) is 6.92 Å². The van der Waals surface area contributed by atoms with Gasteiger partial charge in [-0.3, -0.25) is 0 Å². The molecular weight excluding hydrogens is 220 g/mol. The molecule has 0 fully saturated rings. The lowest BCUT2D eigenvalue weighted by molar-refractivity contribution is 0.0690. The van der Waals surface area contributed by atoms with Crippen LogP contribution >= 0.6 is 0 Å². The molecule has 0 spiro atoms. The minimum atomic E-state index is -1.04. The van der Waals surface area contributed by atoms with Crippen molar-refractivity contribution >= 4 is 11.8 Å². The smallest absolute Gasteiger partial charge is 0.354 e. The number of hydrogen-bond donors (Lipinski definition) is 2. The van der Waals surface area contributed by atoms with Crippen molar-refractivity contribution < 1.29 is 9.90 Å². The molecule has 1 aromatic rings. The lowest BCUT2D eigenvalue weighted by Crippen LogP contribution is -2.17.